The number of nitrogen functional groups attached to an aromatic ring is 1. The predicted molar refractivity (Wildman–Crippen MR) is 95.6 cm³/mol. The Balaban J connectivity index is 0.000000253. The van der Waals surface area contributed by atoms with Crippen molar-refractivity contribution in [2.45, 2.75) is 26.2 Å². The zero-order valence-electron chi connectivity index (χ0n) is 14.5. The number of anilines is 1. The molecule has 0 aliphatic rings. The van der Waals surface area contributed by atoms with Crippen molar-refractivity contribution in [3.8, 4) is 17.2 Å². The Hall–Kier alpha value is -2.36. The van der Waals surface area contributed by atoms with Crippen molar-refractivity contribution in [2.24, 2.45) is 0 Å². The molecule has 23 heavy (non-hydrogen) atoms. The second-order valence-electron chi connectivity index (χ2n) is 5.07. The highest BCUT2D eigenvalue weighted by atomic mass is 16.5. The van der Waals surface area contributed by atoms with Crippen LogP contribution in [0.1, 0.15) is 25.3 Å². The number of benzene rings is 2. The Morgan fingerprint density at radius 2 is 1.48 bits per heavy atom. The fourth-order valence-corrected chi connectivity index (χ4v) is 2.02. The lowest BCUT2D eigenvalue weighted by molar-refractivity contribution is 0.354. The first-order chi connectivity index (χ1) is 11.1. The molecule has 4 nitrogen and oxygen atoms in total. The number of methoxy groups -OCH3 is 3. The van der Waals surface area contributed by atoms with Gasteiger partial charge < -0.3 is 19.9 Å². The minimum absolute atomic E-state index is 0.760. The Kier molecular flexibility index (Phi) is 8.43. The van der Waals surface area contributed by atoms with Gasteiger partial charge in [0.15, 0.2) is 11.5 Å². The zero-order valence-corrected chi connectivity index (χ0v) is 14.5. The summed E-state index contributed by atoms with van der Waals surface area (Å²) < 4.78 is 15.3. The van der Waals surface area contributed by atoms with Crippen molar-refractivity contribution in [1.29, 1.82) is 0 Å². The summed E-state index contributed by atoms with van der Waals surface area (Å²) in [6.07, 6.45) is 3.54. The average molecular weight is 317 g/mol. The van der Waals surface area contributed by atoms with E-state index in [2.05, 4.69) is 19.1 Å². The van der Waals surface area contributed by atoms with Crippen LogP contribution in [0.25, 0.3) is 0 Å². The van der Waals surface area contributed by atoms with Crippen molar-refractivity contribution in [3.05, 3.63) is 48.0 Å². The van der Waals surface area contributed by atoms with Gasteiger partial charge in [0.1, 0.15) is 5.75 Å². The maximum atomic E-state index is 5.43. The summed E-state index contributed by atoms with van der Waals surface area (Å²) in [6, 6.07) is 13.4. The number of aryl methyl sites for hydroxylation is 1. The fourth-order valence-electron chi connectivity index (χ4n) is 2.02. The number of hydrogen-bond acceptors (Lipinski definition) is 4. The number of nitrogens with two attached hydrogens (primary N) is 1. The van der Waals surface area contributed by atoms with Gasteiger partial charge in [-0.25, -0.2) is 0 Å². The van der Waals surface area contributed by atoms with E-state index >= 15 is 0 Å². The predicted octanol–water partition coefficient (Wildman–Crippen LogP) is 4.32. The molecule has 2 aromatic rings. The molecule has 0 atom stereocenters. The SMILES string of the molecule is CCCCc1ccc(OC)c(OC)c1.COc1ccc(N)cc1. The molecule has 0 aliphatic carbocycles. The molecule has 0 heterocycles. The minimum atomic E-state index is 0.760. The van der Waals surface area contributed by atoms with Crippen molar-refractivity contribution in [2.75, 3.05) is 27.1 Å². The first-order valence-corrected chi connectivity index (χ1v) is 7.75. The molecule has 0 amide bonds. The molecular formula is C19H27NO3. The van der Waals surface area contributed by atoms with E-state index in [9.17, 15) is 0 Å². The number of hydrogen-bond donors (Lipinski definition) is 1. The smallest absolute Gasteiger partial charge is 0.160 e. The van der Waals surface area contributed by atoms with Crippen LogP contribution in [0, 0.1) is 0 Å². The maximum Gasteiger partial charge on any atom is 0.160 e. The molecule has 2 rings (SSSR count). The molecule has 2 N–H and O–H groups in total. The van der Waals surface area contributed by atoms with Gasteiger partial charge >= 0.3 is 0 Å². The average Bonchev–Trinajstić information content (AvgIpc) is 2.60. The van der Waals surface area contributed by atoms with Gasteiger partial charge in [-0.3, -0.25) is 0 Å². The molecule has 0 saturated carbocycles. The lowest BCUT2D eigenvalue weighted by Crippen LogP contribution is -1.92. The molecule has 0 bridgehead atoms. The third-order valence-corrected chi connectivity index (χ3v) is 3.38. The summed E-state index contributed by atoms with van der Waals surface area (Å²) in [5.74, 6) is 2.46. The lowest BCUT2D eigenvalue weighted by Gasteiger charge is -2.09. The summed E-state index contributed by atoms with van der Waals surface area (Å²) >= 11 is 0. The van der Waals surface area contributed by atoms with Gasteiger partial charge in [0.05, 0.1) is 21.3 Å². The van der Waals surface area contributed by atoms with Crippen LogP contribution in [0.2, 0.25) is 0 Å². The quantitative estimate of drug-likeness (QED) is 0.806. The van der Waals surface area contributed by atoms with E-state index in [1.807, 2.05) is 18.2 Å². The van der Waals surface area contributed by atoms with Gasteiger partial charge in [0.2, 0.25) is 0 Å². The molecule has 0 spiro atoms. The number of rotatable bonds is 6. The van der Waals surface area contributed by atoms with Crippen LogP contribution >= 0.6 is 0 Å². The first kappa shape index (κ1) is 18.7. The van der Waals surface area contributed by atoms with Crippen LogP contribution in [0.5, 0.6) is 17.2 Å². The fraction of sp³-hybridized carbons (Fsp3) is 0.368. The zero-order chi connectivity index (χ0) is 17.1. The van der Waals surface area contributed by atoms with E-state index in [4.69, 9.17) is 19.9 Å². The Labute approximate surface area is 139 Å². The monoisotopic (exact) mass is 317 g/mol. The first-order valence-electron chi connectivity index (χ1n) is 7.75. The molecule has 126 valence electrons. The Bertz CT molecular complexity index is 567. The second-order valence-corrected chi connectivity index (χ2v) is 5.07. The normalized spacial score (nSPS) is 9.57. The summed E-state index contributed by atoms with van der Waals surface area (Å²) in [4.78, 5) is 0. The van der Waals surface area contributed by atoms with Crippen molar-refractivity contribution in [1.82, 2.24) is 0 Å². The molecule has 0 unspecified atom stereocenters. The van der Waals surface area contributed by atoms with Gasteiger partial charge in [-0.05, 0) is 54.8 Å². The van der Waals surface area contributed by atoms with E-state index in [1.165, 1.54) is 18.4 Å². The van der Waals surface area contributed by atoms with Gasteiger partial charge in [-0.15, -0.1) is 0 Å². The van der Waals surface area contributed by atoms with Crippen LogP contribution in [0.4, 0.5) is 5.69 Å². The largest absolute Gasteiger partial charge is 0.497 e. The summed E-state index contributed by atoms with van der Waals surface area (Å²) in [5.41, 5.74) is 7.50. The Morgan fingerprint density at radius 3 is 2.00 bits per heavy atom. The van der Waals surface area contributed by atoms with E-state index < -0.39 is 0 Å². The number of unbranched alkanes of at least 4 members (excludes halogenated alkanes) is 1. The molecule has 0 radical (unpaired) electrons. The van der Waals surface area contributed by atoms with Gasteiger partial charge in [-0.1, -0.05) is 19.4 Å². The van der Waals surface area contributed by atoms with Crippen LogP contribution in [-0.4, -0.2) is 21.3 Å². The minimum Gasteiger partial charge on any atom is -0.497 e. The maximum absolute atomic E-state index is 5.43. The highest BCUT2D eigenvalue weighted by Gasteiger charge is 2.03. The van der Waals surface area contributed by atoms with Crippen LogP contribution < -0.4 is 19.9 Å². The highest BCUT2D eigenvalue weighted by molar-refractivity contribution is 5.43. The standard InChI is InChI=1S/C12H18O2.C7H9NO/c1-4-5-6-10-7-8-11(13-2)12(9-10)14-3;1-9-7-4-2-6(8)3-5-7/h7-9H,4-6H2,1-3H3;2-5H,8H2,1H3. The Morgan fingerprint density at radius 1 is 0.826 bits per heavy atom. The number of ether oxygens (including phenoxy) is 3. The van der Waals surface area contributed by atoms with Crippen molar-refractivity contribution in [3.63, 3.8) is 0 Å². The molecule has 0 saturated heterocycles. The van der Waals surface area contributed by atoms with Crippen LogP contribution in [0.3, 0.4) is 0 Å². The van der Waals surface area contributed by atoms with E-state index in [-0.39, 0.29) is 0 Å². The van der Waals surface area contributed by atoms with E-state index in [0.717, 1.165) is 29.4 Å². The van der Waals surface area contributed by atoms with E-state index in [0.29, 0.717) is 0 Å². The lowest BCUT2D eigenvalue weighted by atomic mass is 10.1. The molecule has 0 aromatic heterocycles. The molecule has 2 aromatic carbocycles. The molecule has 0 fully saturated rings. The highest BCUT2D eigenvalue weighted by Crippen LogP contribution is 2.27. The summed E-state index contributed by atoms with van der Waals surface area (Å²) in [7, 11) is 4.95. The third kappa shape index (κ3) is 6.51. The molecule has 0 aliphatic heterocycles. The van der Waals surface area contributed by atoms with E-state index in [1.54, 1.807) is 33.5 Å². The molecule has 4 heteroatoms. The van der Waals surface area contributed by atoms with Gasteiger partial charge in [-0.2, -0.15) is 0 Å². The van der Waals surface area contributed by atoms with Crippen molar-refractivity contribution >= 4 is 5.69 Å². The van der Waals surface area contributed by atoms with Crippen LogP contribution in [-0.2, 0) is 6.42 Å². The topological polar surface area (TPSA) is 53.7 Å². The third-order valence-electron chi connectivity index (χ3n) is 3.38. The summed E-state index contributed by atoms with van der Waals surface area (Å²) in [5, 5.41) is 0. The van der Waals surface area contributed by atoms with Crippen molar-refractivity contribution < 1.29 is 14.2 Å². The summed E-state index contributed by atoms with van der Waals surface area (Å²) in [6.45, 7) is 2.20. The van der Waals surface area contributed by atoms with Crippen LogP contribution in [0.15, 0.2) is 42.5 Å². The van der Waals surface area contributed by atoms with Gasteiger partial charge in [0, 0.05) is 5.69 Å². The second kappa shape index (κ2) is 10.4. The van der Waals surface area contributed by atoms with Gasteiger partial charge in [0.25, 0.3) is 0 Å². The molecular weight excluding hydrogens is 290 g/mol.